The van der Waals surface area contributed by atoms with Crippen LogP contribution >= 0.6 is 67.2 Å². The standard InChI is InChI=1S/C15H9Cl3F6S3Si2/c1-28(2,3)14-8(23)6(21)12(26-14)10-4(19)5(20)11(25-10)13-7(22)9(24)15(27-13)29(16,17)18/h1-3H3. The molecule has 0 saturated carbocycles. The van der Waals surface area contributed by atoms with Crippen LogP contribution in [0.25, 0.3) is 19.5 Å². The molecule has 0 amide bonds. The van der Waals surface area contributed by atoms with Gasteiger partial charge in [-0.15, -0.1) is 67.2 Å². The first kappa shape index (κ1) is 23.6. The lowest BCUT2D eigenvalue weighted by Crippen LogP contribution is -2.37. The van der Waals surface area contributed by atoms with Crippen LogP contribution in [0.2, 0.25) is 19.6 Å². The van der Waals surface area contributed by atoms with Crippen LogP contribution in [0.3, 0.4) is 0 Å². The van der Waals surface area contributed by atoms with Gasteiger partial charge in [-0.05, 0) is 0 Å². The first-order chi connectivity index (χ1) is 13.2. The highest BCUT2D eigenvalue weighted by Gasteiger charge is 2.39. The minimum absolute atomic E-state index is 0.151. The fraction of sp³-hybridized carbons (Fsp3) is 0.200. The second-order valence-corrected chi connectivity index (χ2v) is 24.0. The van der Waals surface area contributed by atoms with Gasteiger partial charge in [-0.2, -0.15) is 0 Å². The zero-order valence-corrected chi connectivity index (χ0v) is 21.3. The smallest absolute Gasteiger partial charge is 0.203 e. The summed E-state index contributed by atoms with van der Waals surface area (Å²) in [5.74, 6) is -8.32. The summed E-state index contributed by atoms with van der Waals surface area (Å²) in [6, 6.07) is -3.84. The summed E-state index contributed by atoms with van der Waals surface area (Å²) in [7, 11) is -2.30. The van der Waals surface area contributed by atoms with Crippen LogP contribution in [0.5, 0.6) is 0 Å². The second-order valence-electron chi connectivity index (χ2n) is 6.91. The Bertz CT molecular complexity index is 1030. The van der Waals surface area contributed by atoms with Crippen LogP contribution in [0, 0.1) is 34.9 Å². The molecule has 0 aliphatic heterocycles. The lowest BCUT2D eigenvalue weighted by molar-refractivity contribution is 0.510. The fourth-order valence-corrected chi connectivity index (χ4v) is 10.6. The van der Waals surface area contributed by atoms with Gasteiger partial charge in [-0.25, -0.2) is 26.3 Å². The van der Waals surface area contributed by atoms with Crippen LogP contribution in [-0.4, -0.2) is 14.1 Å². The quantitative estimate of drug-likeness (QED) is 0.176. The summed E-state index contributed by atoms with van der Waals surface area (Å²) in [5.41, 5.74) is 0. The highest BCUT2D eigenvalue weighted by Crippen LogP contribution is 2.46. The topological polar surface area (TPSA) is 0 Å². The number of thiophene rings is 3. The predicted octanol–water partition coefficient (Wildman–Crippen LogP) is 7.45. The average molecular weight is 562 g/mol. The van der Waals surface area contributed by atoms with E-state index in [1.807, 2.05) is 0 Å². The molecule has 0 nitrogen and oxygen atoms in total. The summed E-state index contributed by atoms with van der Waals surface area (Å²) in [4.78, 5) is -2.19. The van der Waals surface area contributed by atoms with Crippen molar-refractivity contribution in [3.63, 3.8) is 0 Å². The van der Waals surface area contributed by atoms with Gasteiger partial charge in [0.05, 0.1) is 32.1 Å². The summed E-state index contributed by atoms with van der Waals surface area (Å²) in [5, 5.41) is 0. The molecule has 14 heteroatoms. The molecule has 0 radical (unpaired) electrons. The largest absolute Gasteiger partial charge is 0.386 e. The Kier molecular flexibility index (Phi) is 6.39. The maximum Gasteiger partial charge on any atom is 0.386 e. The van der Waals surface area contributed by atoms with Crippen LogP contribution in [0.4, 0.5) is 26.3 Å². The lowest BCUT2D eigenvalue weighted by atomic mass is 10.3. The van der Waals surface area contributed by atoms with Crippen molar-refractivity contribution < 1.29 is 26.3 Å². The van der Waals surface area contributed by atoms with Crippen molar-refractivity contribution in [3.05, 3.63) is 34.9 Å². The predicted molar refractivity (Wildman–Crippen MR) is 117 cm³/mol. The maximum absolute atomic E-state index is 14.6. The third kappa shape index (κ3) is 4.09. The van der Waals surface area contributed by atoms with Crippen LogP contribution < -0.4 is 9.00 Å². The van der Waals surface area contributed by atoms with Crippen LogP contribution in [0.1, 0.15) is 0 Å². The van der Waals surface area contributed by atoms with Gasteiger partial charge in [-0.3, -0.25) is 0 Å². The van der Waals surface area contributed by atoms with E-state index in [1.165, 1.54) is 0 Å². The van der Waals surface area contributed by atoms with Gasteiger partial charge in [0, 0.05) is 4.50 Å². The molecule has 3 aromatic rings. The minimum Gasteiger partial charge on any atom is -0.203 e. The molecule has 3 rings (SSSR count). The molecule has 158 valence electrons. The molecule has 0 spiro atoms. The monoisotopic (exact) mass is 560 g/mol. The van der Waals surface area contributed by atoms with Crippen LogP contribution in [-0.2, 0) is 0 Å². The van der Waals surface area contributed by atoms with E-state index in [2.05, 4.69) is 0 Å². The Morgan fingerprint density at radius 1 is 0.517 bits per heavy atom. The minimum atomic E-state index is -3.84. The first-order valence-corrected chi connectivity index (χ1v) is 18.7. The van der Waals surface area contributed by atoms with Gasteiger partial charge < -0.3 is 0 Å². The van der Waals surface area contributed by atoms with Crippen molar-refractivity contribution in [1.82, 2.24) is 0 Å². The number of hydrogen-bond acceptors (Lipinski definition) is 3. The zero-order chi connectivity index (χ0) is 22.0. The molecule has 0 aromatic carbocycles. The SMILES string of the molecule is C[Si](C)(C)c1sc(-c2sc(-c3sc([Si](Cl)(Cl)Cl)c(F)c3F)c(F)c2F)c(F)c1F. The number of rotatable bonds is 4. The van der Waals surface area contributed by atoms with Crippen molar-refractivity contribution in [2.45, 2.75) is 19.6 Å². The van der Waals surface area contributed by atoms with Gasteiger partial charge >= 0.3 is 6.00 Å². The zero-order valence-electron chi connectivity index (χ0n) is 14.6. The van der Waals surface area contributed by atoms with E-state index in [9.17, 15) is 26.3 Å². The summed E-state index contributed by atoms with van der Waals surface area (Å²) < 4.78 is 86.0. The highest BCUT2D eigenvalue weighted by atomic mass is 35.8. The Labute approximate surface area is 189 Å². The molecule has 0 aliphatic rings. The summed E-state index contributed by atoms with van der Waals surface area (Å²) >= 11 is 18.5. The highest BCUT2D eigenvalue weighted by molar-refractivity contribution is 7.73. The second kappa shape index (κ2) is 7.84. The van der Waals surface area contributed by atoms with E-state index in [0.717, 1.165) is 0 Å². The number of hydrogen-bond donors (Lipinski definition) is 0. The molecule has 0 saturated heterocycles. The molecular formula is C15H9Cl3F6S3Si2. The maximum atomic E-state index is 14.6. The normalized spacial score (nSPS) is 12.8. The molecule has 0 bridgehead atoms. The summed E-state index contributed by atoms with van der Waals surface area (Å²) in [6.07, 6.45) is 0. The van der Waals surface area contributed by atoms with Gasteiger partial charge in [0.1, 0.15) is 0 Å². The van der Waals surface area contributed by atoms with E-state index in [4.69, 9.17) is 33.2 Å². The van der Waals surface area contributed by atoms with E-state index < -0.39 is 73.0 Å². The van der Waals surface area contributed by atoms with Crippen molar-refractivity contribution in [3.8, 4) is 19.5 Å². The molecule has 29 heavy (non-hydrogen) atoms. The molecule has 0 atom stereocenters. The molecular weight excluding hydrogens is 553 g/mol. The third-order valence-corrected chi connectivity index (χ3v) is 15.5. The van der Waals surface area contributed by atoms with Gasteiger partial charge in [0.15, 0.2) is 34.9 Å². The van der Waals surface area contributed by atoms with Gasteiger partial charge in [0.2, 0.25) is 0 Å². The lowest BCUT2D eigenvalue weighted by Gasteiger charge is -2.12. The Balaban J connectivity index is 2.22. The number of halogens is 9. The molecule has 0 fully saturated rings. The molecule has 0 N–H and O–H groups in total. The van der Waals surface area contributed by atoms with Gasteiger partial charge in [-0.1, -0.05) is 19.6 Å². The Morgan fingerprint density at radius 3 is 1.14 bits per heavy atom. The molecule has 0 aliphatic carbocycles. The van der Waals surface area contributed by atoms with Crippen molar-refractivity contribution in [2.24, 2.45) is 0 Å². The molecule has 3 aromatic heterocycles. The first-order valence-electron chi connectivity index (χ1n) is 7.68. The van der Waals surface area contributed by atoms with E-state index in [-0.39, 0.29) is 4.50 Å². The van der Waals surface area contributed by atoms with E-state index in [0.29, 0.717) is 34.0 Å². The Hall–Kier alpha value is -0.0162. The molecule has 3 heterocycles. The van der Waals surface area contributed by atoms with Crippen molar-refractivity contribution in [2.75, 3.05) is 0 Å². The summed E-state index contributed by atoms with van der Waals surface area (Å²) in [6.45, 7) is 5.32. The van der Waals surface area contributed by atoms with Crippen molar-refractivity contribution >= 4 is 90.3 Å². The van der Waals surface area contributed by atoms with E-state index in [1.54, 1.807) is 19.6 Å². The average Bonchev–Trinajstić information content (AvgIpc) is 3.16. The van der Waals surface area contributed by atoms with Gasteiger partial charge in [0.25, 0.3) is 0 Å². The van der Waals surface area contributed by atoms with Crippen molar-refractivity contribution in [1.29, 1.82) is 0 Å². The molecule has 0 unspecified atom stereocenters. The van der Waals surface area contributed by atoms with E-state index >= 15 is 0 Å². The van der Waals surface area contributed by atoms with Crippen LogP contribution in [0.15, 0.2) is 0 Å². The third-order valence-electron chi connectivity index (χ3n) is 3.74. The Morgan fingerprint density at radius 2 is 0.828 bits per heavy atom. The fourth-order valence-electron chi connectivity index (χ4n) is 2.42.